The fourth-order valence-electron chi connectivity index (χ4n) is 1.81. The number of aliphatic hydroxyl groups is 1. The minimum Gasteiger partial charge on any atom is -0.366 e. The highest BCUT2D eigenvalue weighted by Gasteiger charge is 2.39. The number of aliphatic hydroxyl groups excluding tert-OH is 1. The Morgan fingerprint density at radius 3 is 2.40 bits per heavy atom. The van der Waals surface area contributed by atoms with Crippen molar-refractivity contribution in [2.24, 2.45) is 0 Å². The van der Waals surface area contributed by atoms with Gasteiger partial charge in [0.05, 0.1) is 0 Å². The fraction of sp³-hybridized carbons (Fsp3) is 0.500. The number of rotatable bonds is 2. The molecule has 0 bridgehead atoms. The summed E-state index contributed by atoms with van der Waals surface area (Å²) in [6, 6.07) is 9.95. The third-order valence-electron chi connectivity index (χ3n) is 2.44. The summed E-state index contributed by atoms with van der Waals surface area (Å²) in [6.45, 7) is 3.61. The molecule has 1 N–H and O–H groups in total. The first kappa shape index (κ1) is 10.6. The summed E-state index contributed by atoms with van der Waals surface area (Å²) < 4.78 is 10.9. The van der Waals surface area contributed by atoms with E-state index in [4.69, 9.17) is 9.47 Å². The van der Waals surface area contributed by atoms with E-state index in [1.165, 1.54) is 0 Å². The molecule has 0 spiro atoms. The van der Waals surface area contributed by atoms with Crippen LogP contribution in [-0.4, -0.2) is 23.3 Å². The summed E-state index contributed by atoms with van der Waals surface area (Å²) in [5, 5.41) is 9.64. The van der Waals surface area contributed by atoms with Gasteiger partial charge in [-0.25, -0.2) is 0 Å². The number of hydrogen-bond acceptors (Lipinski definition) is 3. The van der Waals surface area contributed by atoms with Crippen molar-refractivity contribution < 1.29 is 14.6 Å². The third kappa shape index (κ3) is 2.56. The van der Waals surface area contributed by atoms with Gasteiger partial charge in [0.25, 0.3) is 0 Å². The Bertz CT molecular complexity index is 321. The second-order valence-corrected chi connectivity index (χ2v) is 4.25. The number of hydrogen-bond donors (Lipinski definition) is 1. The first-order valence-corrected chi connectivity index (χ1v) is 5.14. The smallest absolute Gasteiger partial charge is 0.184 e. The van der Waals surface area contributed by atoms with E-state index in [2.05, 4.69) is 0 Å². The van der Waals surface area contributed by atoms with Gasteiger partial charge in [-0.05, 0) is 19.4 Å². The maximum Gasteiger partial charge on any atom is 0.184 e. The van der Waals surface area contributed by atoms with Gasteiger partial charge in [-0.2, -0.15) is 0 Å². The third-order valence-corrected chi connectivity index (χ3v) is 2.44. The van der Waals surface area contributed by atoms with Crippen LogP contribution in [0, 0.1) is 0 Å². The van der Waals surface area contributed by atoms with Crippen LogP contribution in [0.3, 0.4) is 0 Å². The van der Waals surface area contributed by atoms with Crippen molar-refractivity contribution in [1.29, 1.82) is 0 Å². The predicted octanol–water partition coefficient (Wildman–Crippen LogP) is 1.70. The van der Waals surface area contributed by atoms with Gasteiger partial charge in [0, 0.05) is 6.42 Å². The van der Waals surface area contributed by atoms with Crippen LogP contribution < -0.4 is 0 Å². The summed E-state index contributed by atoms with van der Waals surface area (Å²) in [4.78, 5) is 0. The van der Waals surface area contributed by atoms with Crippen LogP contribution in [0.5, 0.6) is 0 Å². The first-order valence-electron chi connectivity index (χ1n) is 5.14. The molecule has 2 rings (SSSR count). The van der Waals surface area contributed by atoms with E-state index >= 15 is 0 Å². The van der Waals surface area contributed by atoms with E-state index in [1.807, 2.05) is 30.3 Å². The van der Waals surface area contributed by atoms with Crippen LogP contribution in [0.25, 0.3) is 0 Å². The van der Waals surface area contributed by atoms with Gasteiger partial charge in [0.1, 0.15) is 6.10 Å². The van der Waals surface area contributed by atoms with Crippen molar-refractivity contribution in [3.05, 3.63) is 35.9 Å². The Kier molecular flexibility index (Phi) is 2.78. The summed E-state index contributed by atoms with van der Waals surface area (Å²) in [6.07, 6.45) is -0.437. The van der Waals surface area contributed by atoms with Crippen molar-refractivity contribution in [2.75, 3.05) is 0 Å². The second-order valence-electron chi connectivity index (χ2n) is 4.25. The molecule has 0 aliphatic carbocycles. The zero-order valence-corrected chi connectivity index (χ0v) is 9.01. The SMILES string of the molecule is CC1(C)OC(O)[C@H](Cc2ccccc2)O1. The Hall–Kier alpha value is -0.900. The maximum absolute atomic E-state index is 9.64. The summed E-state index contributed by atoms with van der Waals surface area (Å²) >= 11 is 0. The van der Waals surface area contributed by atoms with Gasteiger partial charge in [0.2, 0.25) is 0 Å². The lowest BCUT2D eigenvalue weighted by atomic mass is 10.1. The van der Waals surface area contributed by atoms with E-state index < -0.39 is 12.1 Å². The van der Waals surface area contributed by atoms with Crippen molar-refractivity contribution >= 4 is 0 Å². The van der Waals surface area contributed by atoms with Gasteiger partial charge >= 0.3 is 0 Å². The minimum absolute atomic E-state index is 0.276. The highest BCUT2D eigenvalue weighted by Crippen LogP contribution is 2.28. The Balaban J connectivity index is 2.02. The van der Waals surface area contributed by atoms with Crippen LogP contribution in [0.4, 0.5) is 0 Å². The molecule has 0 saturated carbocycles. The molecule has 3 heteroatoms. The largest absolute Gasteiger partial charge is 0.366 e. The molecule has 3 nitrogen and oxygen atoms in total. The highest BCUT2D eigenvalue weighted by atomic mass is 16.8. The first-order chi connectivity index (χ1) is 7.07. The zero-order valence-electron chi connectivity index (χ0n) is 9.01. The van der Waals surface area contributed by atoms with Gasteiger partial charge in [0.15, 0.2) is 12.1 Å². The molecule has 2 atom stereocenters. The highest BCUT2D eigenvalue weighted by molar-refractivity contribution is 5.15. The Morgan fingerprint density at radius 2 is 1.87 bits per heavy atom. The molecule has 0 amide bonds. The molecule has 1 aliphatic rings. The number of ether oxygens (including phenoxy) is 2. The molecule has 1 unspecified atom stereocenters. The van der Waals surface area contributed by atoms with Crippen molar-refractivity contribution in [3.63, 3.8) is 0 Å². The van der Waals surface area contributed by atoms with Crippen LogP contribution in [0.1, 0.15) is 19.4 Å². The van der Waals surface area contributed by atoms with E-state index in [9.17, 15) is 5.11 Å². The second kappa shape index (κ2) is 3.93. The molecule has 82 valence electrons. The lowest BCUT2D eigenvalue weighted by Crippen LogP contribution is -2.24. The van der Waals surface area contributed by atoms with Gasteiger partial charge in [-0.1, -0.05) is 30.3 Å². The molecule has 1 aromatic rings. The quantitative estimate of drug-likeness (QED) is 0.804. The van der Waals surface area contributed by atoms with Crippen LogP contribution in [-0.2, 0) is 15.9 Å². The molecule has 0 radical (unpaired) electrons. The molecular formula is C12H16O3. The molecule has 15 heavy (non-hydrogen) atoms. The van der Waals surface area contributed by atoms with Crippen LogP contribution >= 0.6 is 0 Å². The summed E-state index contributed by atoms with van der Waals surface area (Å²) in [5.41, 5.74) is 1.14. The molecule has 1 aromatic carbocycles. The van der Waals surface area contributed by atoms with Gasteiger partial charge in [-0.15, -0.1) is 0 Å². The molecule has 1 aliphatic heterocycles. The molecule has 1 fully saturated rings. The molecule has 0 aromatic heterocycles. The van der Waals surface area contributed by atoms with Crippen molar-refractivity contribution in [2.45, 2.75) is 38.4 Å². The zero-order chi connectivity index (χ0) is 10.9. The standard InChI is InChI=1S/C12H16O3/c1-12(2)14-10(11(13)15-12)8-9-6-4-3-5-7-9/h3-7,10-11,13H,8H2,1-2H3/t10-,11?/m0/s1. The Morgan fingerprint density at radius 1 is 1.20 bits per heavy atom. The lowest BCUT2D eigenvalue weighted by molar-refractivity contribution is -0.174. The number of benzene rings is 1. The van der Waals surface area contributed by atoms with E-state index in [1.54, 1.807) is 13.8 Å². The van der Waals surface area contributed by atoms with Gasteiger partial charge < -0.3 is 14.6 Å². The van der Waals surface area contributed by atoms with Crippen LogP contribution in [0.2, 0.25) is 0 Å². The lowest BCUT2D eigenvalue weighted by Gasteiger charge is -2.16. The van der Waals surface area contributed by atoms with E-state index in [-0.39, 0.29) is 6.10 Å². The summed E-state index contributed by atoms with van der Waals surface area (Å²) in [5.74, 6) is -0.682. The topological polar surface area (TPSA) is 38.7 Å². The van der Waals surface area contributed by atoms with Crippen molar-refractivity contribution in [1.82, 2.24) is 0 Å². The summed E-state index contributed by atoms with van der Waals surface area (Å²) in [7, 11) is 0. The monoisotopic (exact) mass is 208 g/mol. The maximum atomic E-state index is 9.64. The Labute approximate surface area is 89.6 Å². The molecule has 1 heterocycles. The molecular weight excluding hydrogens is 192 g/mol. The van der Waals surface area contributed by atoms with Gasteiger partial charge in [-0.3, -0.25) is 0 Å². The normalized spacial score (nSPS) is 29.3. The fourth-order valence-corrected chi connectivity index (χ4v) is 1.81. The van der Waals surface area contributed by atoms with Crippen molar-refractivity contribution in [3.8, 4) is 0 Å². The van der Waals surface area contributed by atoms with E-state index in [0.717, 1.165) is 5.56 Å². The minimum atomic E-state index is -0.833. The molecule has 1 saturated heterocycles. The van der Waals surface area contributed by atoms with Crippen LogP contribution in [0.15, 0.2) is 30.3 Å². The predicted molar refractivity (Wildman–Crippen MR) is 56.2 cm³/mol. The van der Waals surface area contributed by atoms with E-state index in [0.29, 0.717) is 6.42 Å². The average Bonchev–Trinajstić information content (AvgIpc) is 2.41. The average molecular weight is 208 g/mol.